The molecule has 4 aromatic rings. The molecule has 2 heteroatoms. The third-order valence-corrected chi connectivity index (χ3v) is 5.72. The van der Waals surface area contributed by atoms with Crippen molar-refractivity contribution in [2.75, 3.05) is 14.1 Å². The molecule has 0 aliphatic rings. The van der Waals surface area contributed by atoms with Gasteiger partial charge in [0.15, 0.2) is 0 Å². The minimum absolute atomic E-state index is 0.108. The van der Waals surface area contributed by atoms with Crippen LogP contribution in [-0.4, -0.2) is 14.1 Å². The predicted octanol–water partition coefficient (Wildman–Crippen LogP) is 6.24. The second-order valence-electron chi connectivity index (χ2n) is 7.44. The van der Waals surface area contributed by atoms with Crippen LogP contribution in [0.5, 0.6) is 0 Å². The minimum atomic E-state index is 0.108. The molecule has 2 atom stereocenters. The molecule has 0 amide bonds. The molecule has 0 aliphatic carbocycles. The lowest BCUT2D eigenvalue weighted by Crippen LogP contribution is -2.32. The van der Waals surface area contributed by atoms with Crippen LogP contribution in [0.4, 0.5) is 0 Å². The van der Waals surface area contributed by atoms with Crippen LogP contribution in [0.15, 0.2) is 109 Å². The number of hydrogen-bond donors (Lipinski definition) is 2. The van der Waals surface area contributed by atoms with Crippen molar-refractivity contribution in [1.82, 2.24) is 10.6 Å². The summed E-state index contributed by atoms with van der Waals surface area (Å²) < 4.78 is 0. The molecular weight excluding hydrogens is 364 g/mol. The van der Waals surface area contributed by atoms with E-state index in [1.54, 1.807) is 0 Å². The maximum Gasteiger partial charge on any atom is 0.0522 e. The summed E-state index contributed by atoms with van der Waals surface area (Å²) in [7, 11) is 4.09. The maximum atomic E-state index is 3.59. The zero-order valence-electron chi connectivity index (χ0n) is 17.5. The van der Waals surface area contributed by atoms with Crippen molar-refractivity contribution in [3.8, 4) is 22.3 Å². The van der Waals surface area contributed by atoms with Crippen molar-refractivity contribution < 1.29 is 0 Å². The Morgan fingerprint density at radius 3 is 1.13 bits per heavy atom. The molecule has 0 saturated carbocycles. The third-order valence-electron chi connectivity index (χ3n) is 5.72. The first-order valence-corrected chi connectivity index (χ1v) is 10.5. The van der Waals surface area contributed by atoms with Crippen LogP contribution in [0.1, 0.15) is 23.2 Å². The number of nitrogens with one attached hydrogen (secondary N) is 2. The molecule has 0 heterocycles. The van der Waals surface area contributed by atoms with Crippen molar-refractivity contribution in [3.63, 3.8) is 0 Å². The average molecular weight is 393 g/mol. The smallest absolute Gasteiger partial charge is 0.0522 e. The topological polar surface area (TPSA) is 24.1 Å². The summed E-state index contributed by atoms with van der Waals surface area (Å²) in [5, 5.41) is 7.19. The van der Waals surface area contributed by atoms with Crippen LogP contribution >= 0.6 is 0 Å². The molecule has 0 fully saturated rings. The van der Waals surface area contributed by atoms with Crippen LogP contribution < -0.4 is 10.6 Å². The zero-order valence-corrected chi connectivity index (χ0v) is 17.5. The van der Waals surface area contributed by atoms with E-state index in [0.717, 1.165) is 0 Å². The Hall–Kier alpha value is -3.20. The van der Waals surface area contributed by atoms with E-state index in [4.69, 9.17) is 0 Å². The van der Waals surface area contributed by atoms with Gasteiger partial charge in [0.05, 0.1) is 12.1 Å². The highest BCUT2D eigenvalue weighted by Gasteiger charge is 2.26. The van der Waals surface area contributed by atoms with Crippen molar-refractivity contribution in [1.29, 1.82) is 0 Å². The standard InChI is InChI=1S/C28H28N2/c1-29-27(25-19-11-9-17-23(25)21-13-5-3-6-14-21)28(30-2)26-20-12-10-18-24(26)22-15-7-4-8-16-22/h3-20,27-30H,1-2H3/t27-,28-/m0/s1. The number of hydrogen-bond acceptors (Lipinski definition) is 2. The van der Waals surface area contributed by atoms with Gasteiger partial charge in [-0.1, -0.05) is 109 Å². The van der Waals surface area contributed by atoms with Crippen molar-refractivity contribution >= 4 is 0 Å². The number of likely N-dealkylation sites (N-methyl/N-ethyl adjacent to an activating group) is 2. The largest absolute Gasteiger partial charge is 0.311 e. The monoisotopic (exact) mass is 392 g/mol. The summed E-state index contributed by atoms with van der Waals surface area (Å²) in [4.78, 5) is 0. The molecule has 4 aromatic carbocycles. The molecule has 0 saturated heterocycles. The van der Waals surface area contributed by atoms with Gasteiger partial charge in [0.2, 0.25) is 0 Å². The van der Waals surface area contributed by atoms with Gasteiger partial charge in [-0.2, -0.15) is 0 Å². The molecule has 0 radical (unpaired) electrons. The Kier molecular flexibility index (Phi) is 6.38. The lowest BCUT2D eigenvalue weighted by molar-refractivity contribution is 0.434. The highest BCUT2D eigenvalue weighted by atomic mass is 15.0. The summed E-state index contributed by atoms with van der Waals surface area (Å²) in [5.41, 5.74) is 7.56. The zero-order chi connectivity index (χ0) is 20.8. The van der Waals surface area contributed by atoms with E-state index in [2.05, 4.69) is 120 Å². The fourth-order valence-electron chi connectivity index (χ4n) is 4.30. The highest BCUT2D eigenvalue weighted by molar-refractivity contribution is 5.70. The first-order valence-electron chi connectivity index (χ1n) is 10.5. The first kappa shape index (κ1) is 20.1. The van der Waals surface area contributed by atoms with Gasteiger partial charge in [-0.15, -0.1) is 0 Å². The Labute approximate surface area is 179 Å². The normalized spacial score (nSPS) is 13.0. The maximum absolute atomic E-state index is 3.59. The quantitative estimate of drug-likeness (QED) is 0.389. The molecule has 0 spiro atoms. The van der Waals surface area contributed by atoms with Gasteiger partial charge in [0, 0.05) is 0 Å². The molecule has 2 N–H and O–H groups in total. The average Bonchev–Trinajstić information content (AvgIpc) is 2.84. The van der Waals surface area contributed by atoms with Crippen LogP contribution in [-0.2, 0) is 0 Å². The second kappa shape index (κ2) is 9.53. The van der Waals surface area contributed by atoms with Crippen molar-refractivity contribution in [2.24, 2.45) is 0 Å². The van der Waals surface area contributed by atoms with Crippen LogP contribution in [0, 0.1) is 0 Å². The summed E-state index contributed by atoms with van der Waals surface area (Å²) in [6, 6.07) is 38.8. The van der Waals surface area contributed by atoms with E-state index >= 15 is 0 Å². The van der Waals surface area contributed by atoms with Crippen LogP contribution in [0.2, 0.25) is 0 Å². The second-order valence-corrected chi connectivity index (χ2v) is 7.44. The van der Waals surface area contributed by atoms with E-state index < -0.39 is 0 Å². The van der Waals surface area contributed by atoms with Crippen LogP contribution in [0.25, 0.3) is 22.3 Å². The molecule has 0 unspecified atom stereocenters. The van der Waals surface area contributed by atoms with Crippen LogP contribution in [0.3, 0.4) is 0 Å². The van der Waals surface area contributed by atoms with Gasteiger partial charge in [0.1, 0.15) is 0 Å². The van der Waals surface area contributed by atoms with Crippen molar-refractivity contribution in [3.05, 3.63) is 120 Å². The first-order chi connectivity index (χ1) is 14.8. The summed E-state index contributed by atoms with van der Waals surface area (Å²) in [5.74, 6) is 0. The van der Waals surface area contributed by atoms with Crippen molar-refractivity contribution in [2.45, 2.75) is 12.1 Å². The van der Waals surface area contributed by atoms with Gasteiger partial charge in [-0.05, 0) is 47.5 Å². The molecule has 4 rings (SSSR count). The van der Waals surface area contributed by atoms with Gasteiger partial charge in [-0.25, -0.2) is 0 Å². The highest BCUT2D eigenvalue weighted by Crippen LogP contribution is 2.38. The summed E-state index contributed by atoms with van der Waals surface area (Å²) >= 11 is 0. The summed E-state index contributed by atoms with van der Waals surface area (Å²) in [6.45, 7) is 0. The SMILES string of the molecule is CN[C@@H](c1ccccc1-c1ccccc1)[C@@H](NC)c1ccccc1-c1ccccc1. The van der Waals surface area contributed by atoms with Gasteiger partial charge in [0.25, 0.3) is 0 Å². The molecular formula is C28H28N2. The lowest BCUT2D eigenvalue weighted by Gasteiger charge is -2.31. The Morgan fingerprint density at radius 1 is 0.433 bits per heavy atom. The van der Waals surface area contributed by atoms with Gasteiger partial charge >= 0.3 is 0 Å². The summed E-state index contributed by atoms with van der Waals surface area (Å²) in [6.07, 6.45) is 0. The van der Waals surface area contributed by atoms with E-state index in [9.17, 15) is 0 Å². The van der Waals surface area contributed by atoms with Gasteiger partial charge in [-0.3, -0.25) is 0 Å². The minimum Gasteiger partial charge on any atom is -0.311 e. The fourth-order valence-corrected chi connectivity index (χ4v) is 4.30. The van der Waals surface area contributed by atoms with E-state index in [-0.39, 0.29) is 12.1 Å². The number of rotatable bonds is 7. The molecule has 2 nitrogen and oxygen atoms in total. The van der Waals surface area contributed by atoms with E-state index in [0.29, 0.717) is 0 Å². The Morgan fingerprint density at radius 2 is 0.767 bits per heavy atom. The Balaban J connectivity index is 1.82. The Bertz CT molecular complexity index is 985. The molecule has 0 aliphatic heterocycles. The fraction of sp³-hybridized carbons (Fsp3) is 0.143. The predicted molar refractivity (Wildman–Crippen MR) is 127 cm³/mol. The van der Waals surface area contributed by atoms with Gasteiger partial charge < -0.3 is 10.6 Å². The molecule has 150 valence electrons. The number of benzene rings is 4. The molecule has 30 heavy (non-hydrogen) atoms. The van der Waals surface area contributed by atoms with E-state index in [1.807, 2.05) is 14.1 Å². The molecule has 0 bridgehead atoms. The third kappa shape index (κ3) is 4.06. The lowest BCUT2D eigenvalue weighted by atomic mass is 9.85. The molecule has 0 aromatic heterocycles. The van der Waals surface area contributed by atoms with E-state index in [1.165, 1.54) is 33.4 Å².